The van der Waals surface area contributed by atoms with Crippen molar-refractivity contribution in [3.05, 3.63) is 255 Å². The number of hydrogen-bond donors (Lipinski definition) is 0. The van der Waals surface area contributed by atoms with Crippen molar-refractivity contribution in [2.75, 3.05) is 4.81 Å². The molecule has 2 heterocycles. The predicted molar refractivity (Wildman–Crippen MR) is 267 cm³/mol. The minimum absolute atomic E-state index is 0.00379. The Morgan fingerprint density at radius 2 is 0.825 bits per heavy atom. The normalized spacial score (nSPS) is 12.1. The quantitative estimate of drug-likeness (QED) is 0.107. The van der Waals surface area contributed by atoms with Gasteiger partial charge in [-0.05, 0) is 56.0 Å². The van der Waals surface area contributed by atoms with Crippen LogP contribution in [0.4, 0.5) is 11.4 Å². The van der Waals surface area contributed by atoms with Gasteiger partial charge in [0.25, 0.3) is 0 Å². The summed E-state index contributed by atoms with van der Waals surface area (Å²) >= 11 is 0. The lowest BCUT2D eigenvalue weighted by Crippen LogP contribution is -2.74. The second-order valence-electron chi connectivity index (χ2n) is 16.1. The minimum Gasteiger partial charge on any atom is -0.376 e. The van der Waals surface area contributed by atoms with Crippen LogP contribution in [0.15, 0.2) is 255 Å². The molecule has 11 rings (SSSR count). The van der Waals surface area contributed by atoms with E-state index in [0.29, 0.717) is 5.82 Å². The third-order valence-corrected chi connectivity index (χ3v) is 17.3. The van der Waals surface area contributed by atoms with E-state index in [9.17, 15) is 0 Å². The molecule has 1 aromatic heterocycles. The summed E-state index contributed by atoms with van der Waals surface area (Å²) in [5, 5.41) is 5.30. The number of aromatic nitrogens is 2. The van der Waals surface area contributed by atoms with Crippen molar-refractivity contribution in [3.8, 4) is 45.0 Å². The van der Waals surface area contributed by atoms with E-state index < -0.39 is 8.07 Å². The second-order valence-corrected chi connectivity index (χ2v) is 19.9. The fourth-order valence-electron chi connectivity index (χ4n) is 9.65. The van der Waals surface area contributed by atoms with E-state index in [4.69, 9.17) is 9.97 Å². The molecule has 0 radical (unpaired) electrons. The second kappa shape index (κ2) is 16.5. The summed E-state index contributed by atoms with van der Waals surface area (Å²) in [6, 6.07) is 92.2. The lowest BCUT2D eigenvalue weighted by Gasteiger charge is -2.39. The van der Waals surface area contributed by atoms with E-state index in [0.717, 1.165) is 33.8 Å². The maximum absolute atomic E-state index is 5.32. The summed E-state index contributed by atoms with van der Waals surface area (Å²) in [6.07, 6.45) is 0. The average molecular weight is 820 g/mol. The van der Waals surface area contributed by atoms with Gasteiger partial charge in [0.05, 0.1) is 11.4 Å². The zero-order chi connectivity index (χ0) is 42.0. The number of rotatable bonds is 9. The van der Waals surface area contributed by atoms with Crippen molar-refractivity contribution in [3.63, 3.8) is 0 Å². The maximum Gasteiger partial charge on any atom is 0.328 e. The smallest absolute Gasteiger partial charge is 0.328 e. The molecular formula is C58H42BN3Si. The summed E-state index contributed by atoms with van der Waals surface area (Å²) in [5.41, 5.74) is 12.2. The summed E-state index contributed by atoms with van der Waals surface area (Å²) < 4.78 is 0. The van der Waals surface area contributed by atoms with Gasteiger partial charge in [-0.25, -0.2) is 9.97 Å². The Morgan fingerprint density at radius 3 is 1.44 bits per heavy atom. The Kier molecular flexibility index (Phi) is 10.0. The Morgan fingerprint density at radius 1 is 0.349 bits per heavy atom. The maximum atomic E-state index is 5.32. The summed E-state index contributed by atoms with van der Waals surface area (Å²) in [7, 11) is -2.77. The monoisotopic (exact) mass is 819 g/mol. The standard InChI is InChI=1S/C58H42BN3Si/c1-6-21-44(22-7-1)58-60-55(43-37-39-47(40-38-43)62-57-36-19-17-34-53(57)52-33-16-18-35-54(52)59(62)46-24-8-2-9-25-46)42-56(61-58)45-23-20-32-51(41-45)63(48-26-10-3-11-27-48,49-28-12-4-13-29-49)50-30-14-5-15-31-50/h1-42H. The largest absolute Gasteiger partial charge is 0.376 e. The Labute approximate surface area is 370 Å². The highest BCUT2D eigenvalue weighted by Gasteiger charge is 2.41. The molecule has 5 heteroatoms. The van der Waals surface area contributed by atoms with Crippen molar-refractivity contribution >= 4 is 58.0 Å². The van der Waals surface area contributed by atoms with Gasteiger partial charge in [-0.1, -0.05) is 236 Å². The molecule has 0 fully saturated rings. The molecule has 0 atom stereocenters. The van der Waals surface area contributed by atoms with E-state index in [-0.39, 0.29) is 6.85 Å². The van der Waals surface area contributed by atoms with Crippen LogP contribution < -0.4 is 36.5 Å². The highest BCUT2D eigenvalue weighted by Crippen LogP contribution is 2.40. The Hall–Kier alpha value is -7.86. The fourth-order valence-corrected chi connectivity index (χ4v) is 14.4. The zero-order valence-electron chi connectivity index (χ0n) is 34.7. The Balaban J connectivity index is 1.05. The number of hydrogen-bond acceptors (Lipinski definition) is 3. The van der Waals surface area contributed by atoms with Crippen LogP contribution in [-0.4, -0.2) is 24.9 Å². The molecule has 0 bridgehead atoms. The molecule has 63 heavy (non-hydrogen) atoms. The van der Waals surface area contributed by atoms with Crippen LogP contribution in [-0.2, 0) is 0 Å². The summed E-state index contributed by atoms with van der Waals surface area (Å²) in [6.45, 7) is 0.00379. The van der Waals surface area contributed by atoms with Gasteiger partial charge in [-0.3, -0.25) is 0 Å². The molecule has 10 aromatic rings. The zero-order valence-corrected chi connectivity index (χ0v) is 35.7. The van der Waals surface area contributed by atoms with Crippen LogP contribution in [0.25, 0.3) is 45.0 Å². The highest BCUT2D eigenvalue weighted by atomic mass is 28.3. The van der Waals surface area contributed by atoms with Gasteiger partial charge < -0.3 is 4.81 Å². The first-order valence-electron chi connectivity index (χ1n) is 21.6. The third-order valence-electron chi connectivity index (χ3n) is 12.5. The van der Waals surface area contributed by atoms with Crippen LogP contribution in [0.5, 0.6) is 0 Å². The first-order chi connectivity index (χ1) is 31.3. The van der Waals surface area contributed by atoms with Gasteiger partial charge in [0.2, 0.25) is 0 Å². The summed E-state index contributed by atoms with van der Waals surface area (Å²) in [5.74, 6) is 0.695. The number of fused-ring (bicyclic) bond motifs is 3. The number of para-hydroxylation sites is 1. The van der Waals surface area contributed by atoms with Crippen LogP contribution in [0.1, 0.15) is 0 Å². The van der Waals surface area contributed by atoms with Crippen LogP contribution >= 0.6 is 0 Å². The van der Waals surface area contributed by atoms with Gasteiger partial charge in [0.1, 0.15) is 0 Å². The molecule has 3 nitrogen and oxygen atoms in total. The van der Waals surface area contributed by atoms with Crippen LogP contribution in [0.2, 0.25) is 0 Å². The van der Waals surface area contributed by atoms with Crippen molar-refractivity contribution < 1.29 is 0 Å². The van der Waals surface area contributed by atoms with Crippen molar-refractivity contribution in [1.82, 2.24) is 9.97 Å². The van der Waals surface area contributed by atoms with Crippen molar-refractivity contribution in [1.29, 1.82) is 0 Å². The third kappa shape index (κ3) is 6.89. The van der Waals surface area contributed by atoms with Gasteiger partial charge in [0, 0.05) is 33.6 Å². The molecule has 1 aliphatic rings. The molecule has 9 aromatic carbocycles. The lowest BCUT2D eigenvalue weighted by molar-refractivity contribution is 1.18. The molecule has 0 saturated carbocycles. The first-order valence-corrected chi connectivity index (χ1v) is 23.6. The van der Waals surface area contributed by atoms with Gasteiger partial charge in [0.15, 0.2) is 13.9 Å². The molecular weight excluding hydrogens is 778 g/mol. The number of anilines is 2. The fraction of sp³-hybridized carbons (Fsp3) is 0. The highest BCUT2D eigenvalue weighted by molar-refractivity contribution is 7.19. The molecule has 1 aliphatic heterocycles. The summed E-state index contributed by atoms with van der Waals surface area (Å²) in [4.78, 5) is 13.1. The topological polar surface area (TPSA) is 29.0 Å². The molecule has 0 aliphatic carbocycles. The molecule has 296 valence electrons. The van der Waals surface area contributed by atoms with Crippen molar-refractivity contribution in [2.45, 2.75) is 0 Å². The SMILES string of the molecule is c1ccc(B2c3ccccc3-c3ccccc3N2c2ccc(-c3cc(-c4cccc([Si](c5ccccc5)(c5ccccc5)c5ccccc5)c4)nc(-c4ccccc4)n3)cc2)cc1. The van der Waals surface area contributed by atoms with Gasteiger partial charge >= 0.3 is 6.85 Å². The van der Waals surface area contributed by atoms with E-state index >= 15 is 0 Å². The van der Waals surface area contributed by atoms with Crippen molar-refractivity contribution in [2.24, 2.45) is 0 Å². The predicted octanol–water partition coefficient (Wildman–Crippen LogP) is 9.78. The lowest BCUT2D eigenvalue weighted by atomic mass is 9.46. The molecule has 0 N–H and O–H groups in total. The molecule has 0 spiro atoms. The average Bonchev–Trinajstić information content (AvgIpc) is 3.38. The van der Waals surface area contributed by atoms with Crippen LogP contribution in [0, 0.1) is 0 Å². The van der Waals surface area contributed by atoms with Gasteiger partial charge in [-0.2, -0.15) is 0 Å². The van der Waals surface area contributed by atoms with Crippen LogP contribution in [0.3, 0.4) is 0 Å². The number of nitrogens with zero attached hydrogens (tertiary/aromatic N) is 3. The van der Waals surface area contributed by atoms with E-state index in [1.54, 1.807) is 0 Å². The molecule has 0 unspecified atom stereocenters. The Bertz CT molecular complexity index is 3070. The molecule has 0 amide bonds. The van der Waals surface area contributed by atoms with E-state index in [2.05, 4.69) is 254 Å². The number of benzene rings is 9. The van der Waals surface area contributed by atoms with E-state index in [1.165, 1.54) is 48.5 Å². The molecule has 0 saturated heterocycles. The van der Waals surface area contributed by atoms with E-state index in [1.807, 2.05) is 6.07 Å². The van der Waals surface area contributed by atoms with Gasteiger partial charge in [-0.15, -0.1) is 0 Å². The minimum atomic E-state index is -2.77. The first kappa shape index (κ1) is 38.1.